The Morgan fingerprint density at radius 3 is 1.64 bits per heavy atom. The average Bonchev–Trinajstić information content (AvgIpc) is 1.99. The van der Waals surface area contributed by atoms with E-state index in [1.165, 1.54) is 19.5 Å². The number of hydrogen-bond donors (Lipinski definition) is 0. The van der Waals surface area contributed by atoms with Crippen LogP contribution in [0.15, 0.2) is 0 Å². The van der Waals surface area contributed by atoms with Gasteiger partial charge in [0, 0.05) is 0 Å². The van der Waals surface area contributed by atoms with Crippen LogP contribution in [0.2, 0.25) is 11.0 Å². The normalized spacial score (nSPS) is 13.6. The third-order valence-corrected chi connectivity index (χ3v) is 7.57. The monoisotopic (exact) mass is 213 g/mol. The molecule has 0 aromatic rings. The fourth-order valence-corrected chi connectivity index (χ4v) is 6.48. The van der Waals surface area contributed by atoms with Crippen molar-refractivity contribution in [2.75, 3.05) is 13.1 Å². The summed E-state index contributed by atoms with van der Waals surface area (Å²) >= 11 is -0.888. The van der Waals surface area contributed by atoms with Crippen molar-refractivity contribution in [2.45, 2.75) is 42.7 Å². The molecule has 0 rings (SSSR count). The first kappa shape index (κ1) is 11.6. The molecular formula is C9H22GaN. The van der Waals surface area contributed by atoms with Gasteiger partial charge in [0.15, 0.2) is 0 Å². The summed E-state index contributed by atoms with van der Waals surface area (Å²) in [4.78, 5) is 2.63. The molecule has 0 N–H and O–H groups in total. The molecule has 0 radical (unpaired) electrons. The van der Waals surface area contributed by atoms with Gasteiger partial charge < -0.3 is 0 Å². The first-order valence-electron chi connectivity index (χ1n) is 4.91. The zero-order valence-corrected chi connectivity index (χ0v) is 11.1. The average molecular weight is 214 g/mol. The molecular weight excluding hydrogens is 192 g/mol. The second-order valence-electron chi connectivity index (χ2n) is 3.44. The molecule has 0 spiro atoms. The van der Waals surface area contributed by atoms with E-state index in [-0.39, 0.29) is 0 Å². The molecule has 66 valence electrons. The van der Waals surface area contributed by atoms with E-state index < -0.39 is 16.2 Å². The number of hydrogen-bond acceptors (Lipinski definition) is 1. The molecule has 0 saturated carbocycles. The van der Waals surface area contributed by atoms with E-state index >= 15 is 0 Å². The van der Waals surface area contributed by atoms with Crippen molar-refractivity contribution < 1.29 is 0 Å². The summed E-state index contributed by atoms with van der Waals surface area (Å²) in [6, 6.07) is 0. The summed E-state index contributed by atoms with van der Waals surface area (Å²) in [7, 11) is 0. The minimum absolute atomic E-state index is 0.888. The van der Waals surface area contributed by atoms with Gasteiger partial charge in [-0.2, -0.15) is 0 Å². The minimum atomic E-state index is -0.888. The molecule has 0 saturated heterocycles. The van der Waals surface area contributed by atoms with E-state index in [9.17, 15) is 0 Å². The van der Waals surface area contributed by atoms with Crippen molar-refractivity contribution in [3.63, 3.8) is 0 Å². The van der Waals surface area contributed by atoms with Crippen molar-refractivity contribution in [1.82, 2.24) is 4.90 Å². The predicted molar refractivity (Wildman–Crippen MR) is 54.5 cm³/mol. The number of rotatable bonds is 5. The van der Waals surface area contributed by atoms with Crippen molar-refractivity contribution in [3.8, 4) is 0 Å². The summed E-state index contributed by atoms with van der Waals surface area (Å²) in [5.74, 6) is 0. The van der Waals surface area contributed by atoms with E-state index in [1.807, 2.05) is 0 Å². The van der Waals surface area contributed by atoms with E-state index in [2.05, 4.69) is 36.6 Å². The molecule has 0 fully saturated rings. The van der Waals surface area contributed by atoms with Crippen LogP contribution in [0.3, 0.4) is 0 Å². The van der Waals surface area contributed by atoms with E-state index in [4.69, 9.17) is 0 Å². The third-order valence-electron chi connectivity index (χ3n) is 2.47. The van der Waals surface area contributed by atoms with Gasteiger partial charge in [-0.15, -0.1) is 0 Å². The van der Waals surface area contributed by atoms with Gasteiger partial charge in [0.25, 0.3) is 0 Å². The molecule has 0 amide bonds. The molecule has 2 heteroatoms. The van der Waals surface area contributed by atoms with Gasteiger partial charge in [-0.3, -0.25) is 0 Å². The molecule has 0 heterocycles. The van der Waals surface area contributed by atoms with Gasteiger partial charge in [0.1, 0.15) is 0 Å². The van der Waals surface area contributed by atoms with Crippen LogP contribution < -0.4 is 0 Å². The first-order valence-corrected chi connectivity index (χ1v) is 11.2. The summed E-state index contributed by atoms with van der Waals surface area (Å²) in [5.41, 5.74) is 5.00. The van der Waals surface area contributed by atoms with Crippen LogP contribution in [-0.2, 0) is 0 Å². The molecule has 1 nitrogen and oxygen atoms in total. The summed E-state index contributed by atoms with van der Waals surface area (Å²) in [6.07, 6.45) is 1.36. The summed E-state index contributed by atoms with van der Waals surface area (Å²) < 4.78 is 0.970. The quantitative estimate of drug-likeness (QED) is 0.635. The molecule has 0 bridgehead atoms. The van der Waals surface area contributed by atoms with Gasteiger partial charge in [0.2, 0.25) is 0 Å². The van der Waals surface area contributed by atoms with E-state index in [0.717, 1.165) is 4.60 Å². The zero-order chi connectivity index (χ0) is 8.85. The summed E-state index contributed by atoms with van der Waals surface area (Å²) in [6.45, 7) is 9.35. The van der Waals surface area contributed by atoms with Crippen LogP contribution in [0, 0.1) is 0 Å². The molecule has 0 aliphatic heterocycles. The topological polar surface area (TPSA) is 3.24 Å². The number of nitrogens with zero attached hydrogens (tertiary/aromatic N) is 1. The van der Waals surface area contributed by atoms with Crippen molar-refractivity contribution in [3.05, 3.63) is 0 Å². The maximum atomic E-state index is 2.63. The van der Waals surface area contributed by atoms with Gasteiger partial charge in [-0.05, 0) is 0 Å². The predicted octanol–water partition coefficient (Wildman–Crippen LogP) is 2.40. The fourth-order valence-electron chi connectivity index (χ4n) is 1.84. The molecule has 11 heavy (non-hydrogen) atoms. The van der Waals surface area contributed by atoms with Crippen LogP contribution in [0.5, 0.6) is 0 Å². The fraction of sp³-hybridized carbons (Fsp3) is 1.00. The third kappa shape index (κ3) is 3.68. The summed E-state index contributed by atoms with van der Waals surface area (Å²) in [5, 5.41) is 0. The second kappa shape index (κ2) is 6.15. The standard InChI is InChI=1S/C7H16N.2CH3.Ga/c1-4-7-8(5-2)6-3;;;/h7H,4-6H2,1-3H3;2*1H3;. The van der Waals surface area contributed by atoms with Crippen LogP contribution in [0.1, 0.15) is 27.2 Å². The van der Waals surface area contributed by atoms with Gasteiger partial charge in [0.05, 0.1) is 0 Å². The molecule has 0 aromatic heterocycles. The Labute approximate surface area is 77.2 Å². The Hall–Kier alpha value is 0.596. The SMILES string of the molecule is CC[CH](N(CC)CC)[Ga]([CH3])[CH3]. The molecule has 1 atom stereocenters. The maximum absolute atomic E-state index is 2.63. The van der Waals surface area contributed by atoms with Crippen LogP contribution >= 0.6 is 0 Å². The second-order valence-corrected chi connectivity index (χ2v) is 10.3. The Morgan fingerprint density at radius 1 is 1.09 bits per heavy atom. The Bertz CT molecular complexity index is 89.6. The van der Waals surface area contributed by atoms with Gasteiger partial charge >= 0.3 is 77.0 Å². The van der Waals surface area contributed by atoms with E-state index in [1.54, 1.807) is 0 Å². The van der Waals surface area contributed by atoms with Crippen LogP contribution in [0.4, 0.5) is 0 Å². The Balaban J connectivity index is 3.98. The van der Waals surface area contributed by atoms with Crippen molar-refractivity contribution >= 4 is 16.2 Å². The Kier molecular flexibility index (Phi) is 6.48. The van der Waals surface area contributed by atoms with Crippen molar-refractivity contribution in [1.29, 1.82) is 0 Å². The Morgan fingerprint density at radius 2 is 1.55 bits per heavy atom. The van der Waals surface area contributed by atoms with Crippen molar-refractivity contribution in [2.24, 2.45) is 0 Å². The van der Waals surface area contributed by atoms with Gasteiger partial charge in [-0.1, -0.05) is 0 Å². The van der Waals surface area contributed by atoms with Crippen LogP contribution in [0.25, 0.3) is 0 Å². The van der Waals surface area contributed by atoms with Gasteiger partial charge in [-0.25, -0.2) is 0 Å². The zero-order valence-electron chi connectivity index (χ0n) is 8.72. The van der Waals surface area contributed by atoms with E-state index in [0.29, 0.717) is 0 Å². The molecule has 1 unspecified atom stereocenters. The molecule has 0 aromatic carbocycles. The van der Waals surface area contributed by atoms with Crippen LogP contribution in [-0.4, -0.2) is 38.8 Å². The first-order chi connectivity index (χ1) is 5.17. The molecule has 0 aliphatic carbocycles. The molecule has 0 aliphatic rings.